The Hall–Kier alpha value is -4.20. The van der Waals surface area contributed by atoms with Gasteiger partial charge in [-0.05, 0) is 61.3 Å². The number of ether oxygens (including phenoxy) is 1. The molecule has 1 aromatic carbocycles. The molecule has 14 nitrogen and oxygen atoms in total. The van der Waals surface area contributed by atoms with E-state index >= 15 is 0 Å². The minimum absolute atomic E-state index is 0.0575. The van der Waals surface area contributed by atoms with E-state index in [4.69, 9.17) is 4.74 Å². The van der Waals surface area contributed by atoms with Crippen molar-refractivity contribution in [3.8, 4) is 0 Å². The molecule has 6 amide bonds. The van der Waals surface area contributed by atoms with Crippen LogP contribution in [-0.4, -0.2) is 108 Å². The van der Waals surface area contributed by atoms with E-state index in [0.717, 1.165) is 12.8 Å². The van der Waals surface area contributed by atoms with Gasteiger partial charge in [0.25, 0.3) is 5.91 Å². The molecule has 1 aromatic rings. The fourth-order valence-electron chi connectivity index (χ4n) is 7.16. The Kier molecular flexibility index (Phi) is 12.0. The summed E-state index contributed by atoms with van der Waals surface area (Å²) in [5, 5.41) is 22.0. The number of benzene rings is 1. The van der Waals surface area contributed by atoms with Gasteiger partial charge in [0.2, 0.25) is 23.6 Å². The second kappa shape index (κ2) is 15.4. The van der Waals surface area contributed by atoms with Gasteiger partial charge in [-0.3, -0.25) is 24.0 Å². The number of rotatable bonds is 13. The molecule has 0 radical (unpaired) electrons. The Morgan fingerprint density at radius 1 is 0.962 bits per heavy atom. The number of hydrogen-bond donors (Lipinski definition) is 5. The normalized spacial score (nSPS) is 22.8. The Bertz CT molecular complexity index is 1510. The van der Waals surface area contributed by atoms with Crippen molar-refractivity contribution < 1.29 is 38.6 Å². The van der Waals surface area contributed by atoms with E-state index < -0.39 is 77.6 Å². The summed E-state index contributed by atoms with van der Waals surface area (Å²) >= 11 is 0. The van der Waals surface area contributed by atoms with Crippen LogP contribution >= 0.6 is 0 Å². The molecular formula is C38H58N6O8. The van der Waals surface area contributed by atoms with Crippen LogP contribution < -0.4 is 21.3 Å². The number of nitrogens with zero attached hydrogens (tertiary/aromatic N) is 2. The molecule has 3 fully saturated rings. The average Bonchev–Trinajstić information content (AvgIpc) is 3.90. The molecule has 2 saturated carbocycles. The van der Waals surface area contributed by atoms with Crippen molar-refractivity contribution in [2.75, 3.05) is 27.2 Å². The summed E-state index contributed by atoms with van der Waals surface area (Å²) in [5.41, 5.74) is -1.13. The number of fused-ring (bicyclic) bond motifs is 1. The van der Waals surface area contributed by atoms with Crippen LogP contribution in [0.5, 0.6) is 0 Å². The number of likely N-dealkylation sites (N-methyl/N-ethyl adjacent to an activating group) is 1. The minimum atomic E-state index is -1.68. The van der Waals surface area contributed by atoms with Gasteiger partial charge in [-0.1, -0.05) is 77.8 Å². The quantitative estimate of drug-likeness (QED) is 0.205. The third-order valence-electron chi connectivity index (χ3n) is 10.3. The first-order chi connectivity index (χ1) is 24.0. The number of alkyl carbamates (subject to hydrolysis) is 1. The molecule has 1 heterocycles. The highest BCUT2D eigenvalue weighted by Gasteiger charge is 2.70. The molecule has 5 N–H and O–H groups in total. The fraction of sp³-hybridized carbons (Fsp3) is 0.684. The maximum atomic E-state index is 14.2. The van der Waals surface area contributed by atoms with Crippen LogP contribution in [0.2, 0.25) is 0 Å². The highest BCUT2D eigenvalue weighted by atomic mass is 16.6. The highest BCUT2D eigenvalue weighted by Crippen LogP contribution is 2.65. The number of amides is 6. The third kappa shape index (κ3) is 9.81. The molecule has 1 saturated heterocycles. The number of likely N-dealkylation sites (tertiary alicyclic amines) is 1. The first kappa shape index (κ1) is 40.6. The number of aliphatic hydroxyl groups is 1. The van der Waals surface area contributed by atoms with E-state index in [9.17, 15) is 33.9 Å². The van der Waals surface area contributed by atoms with Crippen molar-refractivity contribution in [1.29, 1.82) is 0 Å². The average molecular weight is 727 g/mol. The van der Waals surface area contributed by atoms with Crippen molar-refractivity contribution in [2.24, 2.45) is 28.6 Å². The van der Waals surface area contributed by atoms with Crippen LogP contribution in [-0.2, 0) is 28.7 Å². The topological polar surface area (TPSA) is 186 Å². The molecule has 2 aliphatic carbocycles. The van der Waals surface area contributed by atoms with E-state index in [2.05, 4.69) is 21.3 Å². The van der Waals surface area contributed by atoms with Crippen LogP contribution in [0, 0.1) is 28.6 Å². The summed E-state index contributed by atoms with van der Waals surface area (Å²) < 4.78 is 5.44. The number of carbonyl (C=O) groups excluding carboxylic acids is 6. The standard InChI is InChI=1S/C38H58N6O8/c1-36(2,3)30(42-35(51)52-37(4,5)6)34(50)44-20-23-26(38(23,7)8)28(44)31(47)40-24(18-21-16-17-21)29(46)32(48)39-19-25(45)41-27(33(49)43(9)10)22-14-12-11-13-15-22/h11-15,21,23-24,26-30,46H,16-20H2,1-10H3,(H,39,48)(H,40,47)(H,41,45)(H,42,51)/t23-,24?,26-,27-,28?,29?,30+/m0/s1. The van der Waals surface area contributed by atoms with Gasteiger partial charge in [-0.25, -0.2) is 4.79 Å². The van der Waals surface area contributed by atoms with E-state index in [0.29, 0.717) is 18.5 Å². The van der Waals surface area contributed by atoms with Gasteiger partial charge in [0, 0.05) is 20.6 Å². The molecule has 0 bridgehead atoms. The van der Waals surface area contributed by atoms with Crippen molar-refractivity contribution in [3.05, 3.63) is 35.9 Å². The predicted octanol–water partition coefficient (Wildman–Crippen LogP) is 2.12. The third-order valence-corrected chi connectivity index (χ3v) is 10.3. The molecule has 4 rings (SSSR count). The van der Waals surface area contributed by atoms with Crippen molar-refractivity contribution in [3.63, 3.8) is 0 Å². The first-order valence-corrected chi connectivity index (χ1v) is 18.1. The predicted molar refractivity (Wildman–Crippen MR) is 193 cm³/mol. The van der Waals surface area contributed by atoms with Gasteiger partial charge in [-0.15, -0.1) is 0 Å². The van der Waals surface area contributed by atoms with Gasteiger partial charge in [0.15, 0.2) is 6.10 Å². The van der Waals surface area contributed by atoms with E-state index in [-0.39, 0.29) is 29.1 Å². The monoisotopic (exact) mass is 726 g/mol. The summed E-state index contributed by atoms with van der Waals surface area (Å²) in [6.45, 7) is 14.6. The van der Waals surface area contributed by atoms with Crippen molar-refractivity contribution in [1.82, 2.24) is 31.1 Å². The molecule has 3 aliphatic rings. The molecule has 288 valence electrons. The van der Waals surface area contributed by atoms with E-state index in [1.807, 2.05) is 34.6 Å². The summed E-state index contributed by atoms with van der Waals surface area (Å²) in [7, 11) is 3.15. The summed E-state index contributed by atoms with van der Waals surface area (Å²) in [6, 6.07) is 4.89. The molecule has 3 unspecified atom stereocenters. The lowest BCUT2D eigenvalue weighted by atomic mass is 9.85. The van der Waals surface area contributed by atoms with Gasteiger partial charge in [0.05, 0.1) is 12.6 Å². The van der Waals surface area contributed by atoms with Crippen LogP contribution in [0.1, 0.15) is 86.3 Å². The zero-order valence-corrected chi connectivity index (χ0v) is 32.2. The maximum Gasteiger partial charge on any atom is 0.408 e. The number of nitrogens with one attached hydrogen (secondary N) is 4. The van der Waals surface area contributed by atoms with E-state index in [1.54, 1.807) is 65.2 Å². The molecule has 0 aromatic heterocycles. The molecule has 14 heteroatoms. The van der Waals surface area contributed by atoms with Gasteiger partial charge in [0.1, 0.15) is 23.7 Å². The lowest BCUT2D eigenvalue weighted by Crippen LogP contribution is -2.61. The van der Waals surface area contributed by atoms with Crippen LogP contribution in [0.15, 0.2) is 30.3 Å². The Morgan fingerprint density at radius 3 is 2.12 bits per heavy atom. The van der Waals surface area contributed by atoms with Crippen molar-refractivity contribution in [2.45, 2.75) is 111 Å². The van der Waals surface area contributed by atoms with E-state index in [1.165, 1.54) is 9.80 Å². The zero-order chi connectivity index (χ0) is 38.9. The van der Waals surface area contributed by atoms with Gasteiger partial charge in [-0.2, -0.15) is 0 Å². The Morgan fingerprint density at radius 2 is 1.58 bits per heavy atom. The second-order valence-electron chi connectivity index (χ2n) is 17.4. The maximum absolute atomic E-state index is 14.2. The lowest BCUT2D eigenvalue weighted by molar-refractivity contribution is -0.145. The van der Waals surface area contributed by atoms with Crippen LogP contribution in [0.4, 0.5) is 4.79 Å². The second-order valence-corrected chi connectivity index (χ2v) is 17.4. The molecule has 52 heavy (non-hydrogen) atoms. The van der Waals surface area contributed by atoms with Crippen LogP contribution in [0.3, 0.4) is 0 Å². The molecule has 1 aliphatic heterocycles. The minimum Gasteiger partial charge on any atom is -0.444 e. The molecular weight excluding hydrogens is 668 g/mol. The number of hydrogen-bond acceptors (Lipinski definition) is 8. The number of piperidine rings is 1. The van der Waals surface area contributed by atoms with Crippen molar-refractivity contribution >= 4 is 35.6 Å². The van der Waals surface area contributed by atoms with Crippen LogP contribution in [0.25, 0.3) is 0 Å². The smallest absolute Gasteiger partial charge is 0.408 e. The highest BCUT2D eigenvalue weighted by molar-refractivity contribution is 5.94. The zero-order valence-electron chi connectivity index (χ0n) is 32.2. The molecule has 0 spiro atoms. The SMILES string of the molecule is CN(C)C(=O)[C@@H](NC(=O)CNC(=O)C(O)C(CC1CC1)NC(=O)C1[C@@H]2[C@H](CN1C(=O)[C@@H](NC(=O)OC(C)(C)C)C(C)(C)C)C2(C)C)c1ccccc1. The Labute approximate surface area is 307 Å². The molecule has 7 atom stereocenters. The number of carbonyl (C=O) groups is 6. The summed E-state index contributed by atoms with van der Waals surface area (Å²) in [4.78, 5) is 83.1. The number of aliphatic hydroxyl groups excluding tert-OH is 1. The van der Waals surface area contributed by atoms with Gasteiger partial charge >= 0.3 is 6.09 Å². The summed E-state index contributed by atoms with van der Waals surface area (Å²) in [6.07, 6.45) is -0.310. The lowest BCUT2D eigenvalue weighted by Gasteiger charge is -2.38. The largest absolute Gasteiger partial charge is 0.444 e. The Balaban J connectivity index is 1.46. The fourth-order valence-corrected chi connectivity index (χ4v) is 7.16. The summed E-state index contributed by atoms with van der Waals surface area (Å²) in [5.74, 6) is -2.63. The van der Waals surface area contributed by atoms with Gasteiger partial charge < -0.3 is 40.9 Å². The first-order valence-electron chi connectivity index (χ1n) is 18.1.